The highest BCUT2D eigenvalue weighted by atomic mass is 31.2. The zero-order valence-corrected chi connectivity index (χ0v) is 57.7. The highest BCUT2D eigenvalue weighted by Crippen LogP contribution is 2.45. The van der Waals surface area contributed by atoms with Crippen molar-refractivity contribution in [3.63, 3.8) is 0 Å². The standard InChI is InChI=1S/C68H128O17P2/c1-8-9-10-11-12-13-14-15-16-17-18-19-30-37-44-51-67(72)84-63(55-78-65(70)49-42-35-28-22-20-25-32-39-46-59(2)3)57-82-86(74,75)80-53-62(69)54-81-87(76,77)83-58-64(85-68(73)52-45-38-31-24-27-34-41-48-61(6)7)56-79-66(71)50-43-36-29-23-21-26-33-40-47-60(4)5/h13-16,59-64,69H,8-12,17-58H2,1-7H3,(H,74,75)(H,76,77)/b14-13-,16-15-/t62?,63-,64-/m1/s1. The van der Waals surface area contributed by atoms with E-state index in [1.165, 1.54) is 103 Å². The van der Waals surface area contributed by atoms with Crippen LogP contribution in [0.3, 0.4) is 0 Å². The molecule has 512 valence electrons. The zero-order chi connectivity index (χ0) is 64.5. The second-order valence-electron chi connectivity index (χ2n) is 25.3. The Morgan fingerprint density at radius 2 is 0.621 bits per heavy atom. The molecule has 0 heterocycles. The van der Waals surface area contributed by atoms with Crippen LogP contribution in [0.1, 0.15) is 312 Å². The van der Waals surface area contributed by atoms with E-state index in [1.807, 2.05) is 0 Å². The van der Waals surface area contributed by atoms with Crippen molar-refractivity contribution in [2.24, 2.45) is 17.8 Å². The quantitative estimate of drug-likeness (QED) is 0.0169. The first-order chi connectivity index (χ1) is 41.7. The predicted octanol–water partition coefficient (Wildman–Crippen LogP) is 18.6. The van der Waals surface area contributed by atoms with Crippen LogP contribution < -0.4 is 0 Å². The number of aliphatic hydroxyl groups excluding tert-OH is 1. The molecule has 0 spiro atoms. The molecule has 0 bridgehead atoms. The molecule has 0 rings (SSSR count). The van der Waals surface area contributed by atoms with Crippen LogP contribution in [0.2, 0.25) is 0 Å². The summed E-state index contributed by atoms with van der Waals surface area (Å²) in [7, 11) is -9.91. The van der Waals surface area contributed by atoms with Crippen molar-refractivity contribution in [3.8, 4) is 0 Å². The number of hydrogen-bond donors (Lipinski definition) is 3. The number of carbonyl (C=O) groups excluding carboxylic acids is 4. The summed E-state index contributed by atoms with van der Waals surface area (Å²) in [6.07, 6.45) is 44.1. The number of allylic oxidation sites excluding steroid dienone is 4. The molecule has 0 aliphatic carbocycles. The summed E-state index contributed by atoms with van der Waals surface area (Å²) in [6, 6.07) is 0. The summed E-state index contributed by atoms with van der Waals surface area (Å²) in [5.41, 5.74) is 0. The van der Waals surface area contributed by atoms with Gasteiger partial charge in [0.1, 0.15) is 19.3 Å². The van der Waals surface area contributed by atoms with Crippen LogP contribution in [0.25, 0.3) is 0 Å². The number of esters is 4. The SMILES string of the molecule is CCCCCC/C=C\C=C/CCCCCCCC(=O)O[C@H](COC(=O)CCCCCCCCCCC(C)C)COP(=O)(O)OCC(O)COP(=O)(O)OC[C@@H](COC(=O)CCCCCCCCCCC(C)C)OC(=O)CCCCCCCCCC(C)C. The van der Waals surface area contributed by atoms with Gasteiger partial charge in [-0.05, 0) is 69.1 Å². The smallest absolute Gasteiger partial charge is 0.462 e. The van der Waals surface area contributed by atoms with Gasteiger partial charge in [0.2, 0.25) is 0 Å². The monoisotopic (exact) mass is 1280 g/mol. The van der Waals surface area contributed by atoms with Gasteiger partial charge in [-0.15, -0.1) is 0 Å². The number of hydrogen-bond acceptors (Lipinski definition) is 15. The molecule has 3 unspecified atom stereocenters. The number of rotatable bonds is 64. The van der Waals surface area contributed by atoms with E-state index >= 15 is 0 Å². The maximum atomic E-state index is 13.0. The molecular weight excluding hydrogens is 1150 g/mol. The first kappa shape index (κ1) is 84.5. The van der Waals surface area contributed by atoms with Crippen molar-refractivity contribution in [2.75, 3.05) is 39.6 Å². The first-order valence-electron chi connectivity index (χ1n) is 34.7. The van der Waals surface area contributed by atoms with Crippen molar-refractivity contribution in [2.45, 2.75) is 330 Å². The normalized spacial score (nSPS) is 14.4. The number of aliphatic hydroxyl groups is 1. The molecule has 0 aromatic heterocycles. The number of carbonyl (C=O) groups is 4. The van der Waals surface area contributed by atoms with Crippen molar-refractivity contribution in [1.82, 2.24) is 0 Å². The number of phosphoric acid groups is 2. The molecule has 0 aliphatic heterocycles. The van der Waals surface area contributed by atoms with Crippen LogP contribution in [0.4, 0.5) is 0 Å². The van der Waals surface area contributed by atoms with Crippen LogP contribution in [-0.4, -0.2) is 96.7 Å². The molecular formula is C68H128O17P2. The first-order valence-corrected chi connectivity index (χ1v) is 37.7. The average molecular weight is 1280 g/mol. The molecule has 0 saturated heterocycles. The van der Waals surface area contributed by atoms with Crippen LogP contribution in [0, 0.1) is 17.8 Å². The van der Waals surface area contributed by atoms with E-state index in [0.717, 1.165) is 121 Å². The van der Waals surface area contributed by atoms with Crippen LogP contribution in [0.15, 0.2) is 24.3 Å². The highest BCUT2D eigenvalue weighted by molar-refractivity contribution is 7.47. The summed E-state index contributed by atoms with van der Waals surface area (Å²) in [4.78, 5) is 72.4. The molecule has 0 aliphatic rings. The summed E-state index contributed by atoms with van der Waals surface area (Å²) >= 11 is 0. The lowest BCUT2D eigenvalue weighted by Gasteiger charge is -2.21. The van der Waals surface area contributed by atoms with E-state index in [9.17, 15) is 43.2 Å². The van der Waals surface area contributed by atoms with E-state index in [1.54, 1.807) is 0 Å². The van der Waals surface area contributed by atoms with Gasteiger partial charge >= 0.3 is 39.5 Å². The second kappa shape index (κ2) is 58.6. The lowest BCUT2D eigenvalue weighted by Crippen LogP contribution is -2.30. The van der Waals surface area contributed by atoms with Gasteiger partial charge in [-0.1, -0.05) is 259 Å². The Hall–Kier alpha value is -2.46. The van der Waals surface area contributed by atoms with Gasteiger partial charge < -0.3 is 33.8 Å². The molecule has 0 saturated carbocycles. The van der Waals surface area contributed by atoms with E-state index in [-0.39, 0.29) is 25.7 Å². The van der Waals surface area contributed by atoms with Crippen molar-refractivity contribution in [1.29, 1.82) is 0 Å². The minimum absolute atomic E-state index is 0.0838. The third-order valence-corrected chi connectivity index (χ3v) is 16.9. The summed E-state index contributed by atoms with van der Waals surface area (Å²) in [5.74, 6) is -0.0217. The fourth-order valence-corrected chi connectivity index (χ4v) is 11.2. The minimum Gasteiger partial charge on any atom is -0.462 e. The van der Waals surface area contributed by atoms with Gasteiger partial charge in [0.25, 0.3) is 0 Å². The highest BCUT2D eigenvalue weighted by Gasteiger charge is 2.30. The Balaban J connectivity index is 5.29. The Morgan fingerprint density at radius 1 is 0.356 bits per heavy atom. The maximum absolute atomic E-state index is 13.0. The molecule has 0 radical (unpaired) electrons. The fraction of sp³-hybridized carbons (Fsp3) is 0.882. The maximum Gasteiger partial charge on any atom is 0.472 e. The van der Waals surface area contributed by atoms with Crippen LogP contribution in [-0.2, 0) is 65.4 Å². The molecule has 3 N–H and O–H groups in total. The van der Waals surface area contributed by atoms with Gasteiger partial charge in [-0.2, -0.15) is 0 Å². The zero-order valence-electron chi connectivity index (χ0n) is 56.0. The second-order valence-corrected chi connectivity index (χ2v) is 28.2. The molecule has 0 amide bonds. The Labute approximate surface area is 529 Å². The minimum atomic E-state index is -4.96. The fourth-order valence-electron chi connectivity index (χ4n) is 9.65. The third kappa shape index (κ3) is 62.1. The van der Waals surface area contributed by atoms with E-state index < -0.39 is 97.5 Å². The molecule has 0 aromatic carbocycles. The van der Waals surface area contributed by atoms with Crippen LogP contribution in [0.5, 0.6) is 0 Å². The van der Waals surface area contributed by atoms with E-state index in [2.05, 4.69) is 72.8 Å². The molecule has 87 heavy (non-hydrogen) atoms. The summed E-state index contributed by atoms with van der Waals surface area (Å²) in [5, 5.41) is 10.6. The van der Waals surface area contributed by atoms with Gasteiger partial charge in [0, 0.05) is 25.7 Å². The molecule has 0 aromatic rings. The molecule has 5 atom stereocenters. The largest absolute Gasteiger partial charge is 0.472 e. The van der Waals surface area contributed by atoms with E-state index in [4.69, 9.17) is 37.0 Å². The van der Waals surface area contributed by atoms with Gasteiger partial charge in [0.15, 0.2) is 12.2 Å². The number of unbranched alkanes of at least 4 members (excludes halogenated alkanes) is 29. The number of ether oxygens (including phenoxy) is 4. The van der Waals surface area contributed by atoms with Gasteiger partial charge in [-0.3, -0.25) is 37.3 Å². The Kier molecular flexibility index (Phi) is 57.0. The van der Waals surface area contributed by atoms with Gasteiger partial charge in [-0.25, -0.2) is 9.13 Å². The van der Waals surface area contributed by atoms with E-state index in [0.29, 0.717) is 31.6 Å². The van der Waals surface area contributed by atoms with Gasteiger partial charge in [0.05, 0.1) is 26.4 Å². The Bertz CT molecular complexity index is 1810. The Morgan fingerprint density at radius 3 is 0.931 bits per heavy atom. The lowest BCUT2D eigenvalue weighted by molar-refractivity contribution is -0.161. The molecule has 17 nitrogen and oxygen atoms in total. The van der Waals surface area contributed by atoms with Crippen molar-refractivity contribution < 1.29 is 80.2 Å². The number of phosphoric ester groups is 2. The topological polar surface area (TPSA) is 237 Å². The van der Waals surface area contributed by atoms with Crippen molar-refractivity contribution in [3.05, 3.63) is 24.3 Å². The molecule has 19 heteroatoms. The van der Waals surface area contributed by atoms with Crippen LogP contribution >= 0.6 is 15.6 Å². The predicted molar refractivity (Wildman–Crippen MR) is 349 cm³/mol. The lowest BCUT2D eigenvalue weighted by atomic mass is 10.0. The van der Waals surface area contributed by atoms with Crippen molar-refractivity contribution >= 4 is 39.5 Å². The molecule has 0 fully saturated rings. The summed E-state index contributed by atoms with van der Waals surface area (Å²) in [6.45, 7) is 11.6. The third-order valence-electron chi connectivity index (χ3n) is 15.0. The summed E-state index contributed by atoms with van der Waals surface area (Å²) < 4.78 is 68.1. The average Bonchev–Trinajstić information content (AvgIpc) is 3.63.